The van der Waals surface area contributed by atoms with E-state index in [0.717, 1.165) is 44.1 Å². The van der Waals surface area contributed by atoms with Gasteiger partial charge in [-0.3, -0.25) is 0 Å². The highest BCUT2D eigenvalue weighted by Gasteiger charge is 2.19. The summed E-state index contributed by atoms with van der Waals surface area (Å²) in [5, 5.41) is 9.52. The molecule has 0 fully saturated rings. The van der Waals surface area contributed by atoms with Gasteiger partial charge in [-0.05, 0) is 53.9 Å². The number of aromatic nitrogens is 3. The summed E-state index contributed by atoms with van der Waals surface area (Å²) in [6, 6.07) is 45.4. The van der Waals surface area contributed by atoms with E-state index in [4.69, 9.17) is 15.0 Å². The predicted octanol–water partition coefficient (Wildman–Crippen LogP) is 11.4. The Labute approximate surface area is 259 Å². The van der Waals surface area contributed by atoms with Gasteiger partial charge in [0.05, 0.1) is 16.7 Å². The molecule has 6 aromatic carbocycles. The molecule has 0 bridgehead atoms. The van der Waals surface area contributed by atoms with E-state index < -0.39 is 0 Å². The Balaban J connectivity index is 1.29. The zero-order valence-electron chi connectivity index (χ0n) is 23.3. The van der Waals surface area contributed by atoms with E-state index in [1.54, 1.807) is 0 Å². The number of thiophene rings is 2. The van der Waals surface area contributed by atoms with Gasteiger partial charge in [0.2, 0.25) is 0 Å². The highest BCUT2D eigenvalue weighted by atomic mass is 32.1. The van der Waals surface area contributed by atoms with Gasteiger partial charge in [0.15, 0.2) is 5.82 Å². The first-order valence-corrected chi connectivity index (χ1v) is 16.2. The van der Waals surface area contributed by atoms with Crippen molar-refractivity contribution in [3.05, 3.63) is 127 Å². The fraction of sp³-hybridized carbons (Fsp3) is 0. The molecule has 10 rings (SSSR count). The van der Waals surface area contributed by atoms with Crippen LogP contribution < -0.4 is 0 Å². The standard InChI is InChI=1S/C39H21N3S2/c1-5-13-31-23(9-1)27-20-29-25-11-4-8-16-34(25)44-36(29)21-30(27)38(40-31)39-41-32-14-6-2-12-26(32)37(42-39)22-17-18-35-28(19-22)24-10-3-7-15-33(24)43-35/h1-21H. The van der Waals surface area contributed by atoms with Crippen LogP contribution in [0, 0.1) is 0 Å². The van der Waals surface area contributed by atoms with Crippen LogP contribution in [-0.2, 0) is 0 Å². The van der Waals surface area contributed by atoms with Crippen LogP contribution in [0.4, 0.5) is 0 Å². The van der Waals surface area contributed by atoms with Crippen molar-refractivity contribution < 1.29 is 0 Å². The lowest BCUT2D eigenvalue weighted by Crippen LogP contribution is -1.98. The third kappa shape index (κ3) is 3.51. The molecule has 44 heavy (non-hydrogen) atoms. The van der Waals surface area contributed by atoms with Crippen LogP contribution in [0.25, 0.3) is 95.7 Å². The second kappa shape index (κ2) is 9.13. The fourth-order valence-electron chi connectivity index (χ4n) is 6.62. The molecule has 0 aliphatic carbocycles. The first-order valence-electron chi connectivity index (χ1n) is 14.6. The Morgan fingerprint density at radius 2 is 0.932 bits per heavy atom. The average molecular weight is 596 g/mol. The highest BCUT2D eigenvalue weighted by molar-refractivity contribution is 7.26. The third-order valence-electron chi connectivity index (χ3n) is 8.66. The number of rotatable bonds is 2. The van der Waals surface area contributed by atoms with Crippen molar-refractivity contribution in [2.24, 2.45) is 0 Å². The molecule has 3 nitrogen and oxygen atoms in total. The summed E-state index contributed by atoms with van der Waals surface area (Å²) in [7, 11) is 0. The minimum atomic E-state index is 0.644. The molecule has 0 aliphatic rings. The van der Waals surface area contributed by atoms with Gasteiger partial charge in [0.25, 0.3) is 0 Å². The molecule has 4 heterocycles. The quantitative estimate of drug-likeness (QED) is 0.187. The zero-order valence-corrected chi connectivity index (χ0v) is 24.9. The first-order chi connectivity index (χ1) is 21.8. The molecule has 0 amide bonds. The summed E-state index contributed by atoms with van der Waals surface area (Å²) < 4.78 is 5.11. The largest absolute Gasteiger partial charge is 0.244 e. The molecule has 0 saturated heterocycles. The van der Waals surface area contributed by atoms with E-state index in [0.29, 0.717) is 5.82 Å². The Kier molecular flexibility index (Phi) is 5.03. The molecule has 0 atom stereocenters. The molecule has 0 aliphatic heterocycles. The van der Waals surface area contributed by atoms with Crippen LogP contribution in [-0.4, -0.2) is 15.0 Å². The van der Waals surface area contributed by atoms with Crippen LogP contribution in [0.2, 0.25) is 0 Å². The third-order valence-corrected chi connectivity index (χ3v) is 10.9. The predicted molar refractivity (Wildman–Crippen MR) is 189 cm³/mol. The number of hydrogen-bond donors (Lipinski definition) is 0. The molecule has 0 radical (unpaired) electrons. The summed E-state index contributed by atoms with van der Waals surface area (Å²) in [6.45, 7) is 0. The van der Waals surface area contributed by atoms with E-state index in [9.17, 15) is 0 Å². The molecule has 0 N–H and O–H groups in total. The molecule has 4 aromatic heterocycles. The average Bonchev–Trinajstić information content (AvgIpc) is 3.64. The van der Waals surface area contributed by atoms with Crippen LogP contribution in [0.15, 0.2) is 127 Å². The van der Waals surface area contributed by atoms with Crippen molar-refractivity contribution in [1.29, 1.82) is 0 Å². The van der Waals surface area contributed by atoms with Crippen molar-refractivity contribution in [3.63, 3.8) is 0 Å². The van der Waals surface area contributed by atoms with Gasteiger partial charge in [-0.2, -0.15) is 0 Å². The van der Waals surface area contributed by atoms with Crippen molar-refractivity contribution in [2.75, 3.05) is 0 Å². The monoisotopic (exact) mass is 595 g/mol. The van der Waals surface area contributed by atoms with E-state index in [-0.39, 0.29) is 0 Å². The minimum Gasteiger partial charge on any atom is -0.244 e. The van der Waals surface area contributed by atoms with Crippen LogP contribution >= 0.6 is 22.7 Å². The maximum absolute atomic E-state index is 5.33. The van der Waals surface area contributed by atoms with Crippen molar-refractivity contribution in [2.45, 2.75) is 0 Å². The summed E-state index contributed by atoms with van der Waals surface area (Å²) in [5.41, 5.74) is 4.67. The van der Waals surface area contributed by atoms with Crippen LogP contribution in [0.3, 0.4) is 0 Å². The lowest BCUT2D eigenvalue weighted by molar-refractivity contribution is 1.20. The van der Waals surface area contributed by atoms with Crippen LogP contribution in [0.1, 0.15) is 0 Å². The second-order valence-corrected chi connectivity index (χ2v) is 13.4. The molecular formula is C39H21N3S2. The molecule has 0 saturated carbocycles. The first kappa shape index (κ1) is 24.2. The van der Waals surface area contributed by atoms with E-state index in [1.807, 2.05) is 28.7 Å². The van der Waals surface area contributed by atoms with E-state index >= 15 is 0 Å². The topological polar surface area (TPSA) is 38.7 Å². The molecule has 5 heteroatoms. The van der Waals surface area contributed by atoms with Gasteiger partial charge >= 0.3 is 0 Å². The second-order valence-electron chi connectivity index (χ2n) is 11.2. The Bertz CT molecular complexity index is 2790. The smallest absolute Gasteiger partial charge is 0.179 e. The summed E-state index contributed by atoms with van der Waals surface area (Å²) in [4.78, 5) is 15.7. The van der Waals surface area contributed by atoms with Crippen LogP contribution in [0.5, 0.6) is 0 Å². The van der Waals surface area contributed by atoms with Gasteiger partial charge < -0.3 is 0 Å². The lowest BCUT2D eigenvalue weighted by atomic mass is 10.00. The summed E-state index contributed by atoms with van der Waals surface area (Å²) >= 11 is 3.66. The highest BCUT2D eigenvalue weighted by Crippen LogP contribution is 2.42. The number of benzene rings is 6. The van der Waals surface area contributed by atoms with Crippen molar-refractivity contribution >= 4 is 95.6 Å². The molecule has 204 valence electrons. The number of nitrogens with zero attached hydrogens (tertiary/aromatic N) is 3. The number of pyridine rings is 1. The Hall–Kier alpha value is -5.23. The SMILES string of the molecule is c1ccc2c(-c3ccc4sc5ccccc5c4c3)nc(-c3nc4ccccc4c4cc5c(cc34)sc3ccccc35)nc2c1. The van der Waals surface area contributed by atoms with Gasteiger partial charge in [-0.25, -0.2) is 15.0 Å². The number of para-hydroxylation sites is 2. The van der Waals surface area contributed by atoms with Gasteiger partial charge in [-0.1, -0.05) is 78.9 Å². The number of hydrogen-bond acceptors (Lipinski definition) is 5. The number of fused-ring (bicyclic) bond motifs is 10. The fourth-order valence-corrected chi connectivity index (χ4v) is 8.83. The minimum absolute atomic E-state index is 0.644. The summed E-state index contributed by atoms with van der Waals surface area (Å²) in [5.74, 6) is 0.644. The normalized spacial score (nSPS) is 12.1. The van der Waals surface area contributed by atoms with Crippen molar-refractivity contribution in [3.8, 4) is 22.8 Å². The van der Waals surface area contributed by atoms with E-state index in [1.165, 1.54) is 45.7 Å². The van der Waals surface area contributed by atoms with Crippen molar-refractivity contribution in [1.82, 2.24) is 15.0 Å². The van der Waals surface area contributed by atoms with Gasteiger partial charge in [0.1, 0.15) is 5.69 Å². The molecule has 10 aromatic rings. The molecule has 0 spiro atoms. The maximum Gasteiger partial charge on any atom is 0.179 e. The molecule has 0 unspecified atom stereocenters. The zero-order chi connectivity index (χ0) is 28.8. The Morgan fingerprint density at radius 1 is 0.341 bits per heavy atom. The van der Waals surface area contributed by atoms with Gasteiger partial charge in [-0.15, -0.1) is 22.7 Å². The summed E-state index contributed by atoms with van der Waals surface area (Å²) in [6.07, 6.45) is 0. The molecular weight excluding hydrogens is 575 g/mol. The maximum atomic E-state index is 5.33. The Morgan fingerprint density at radius 3 is 1.70 bits per heavy atom. The van der Waals surface area contributed by atoms with Gasteiger partial charge in [0, 0.05) is 62.1 Å². The lowest BCUT2D eigenvalue weighted by Gasteiger charge is -2.13. The van der Waals surface area contributed by atoms with E-state index in [2.05, 4.69) is 121 Å².